The molecule has 3 aromatic rings. The number of nitro benzene ring substituents is 1. The number of benzene rings is 2. The molecule has 1 aromatic heterocycles. The van der Waals surface area contributed by atoms with Crippen LogP contribution in [0, 0.1) is 10.1 Å². The first-order valence-corrected chi connectivity index (χ1v) is 9.48. The van der Waals surface area contributed by atoms with E-state index >= 15 is 0 Å². The summed E-state index contributed by atoms with van der Waals surface area (Å²) in [5, 5.41) is 10.7. The maximum Gasteiger partial charge on any atom is 0.338 e. The summed E-state index contributed by atoms with van der Waals surface area (Å²) in [7, 11) is 1.79. The van der Waals surface area contributed by atoms with Gasteiger partial charge in [0.1, 0.15) is 0 Å². The molecule has 2 aromatic carbocycles. The Hall–Kier alpha value is -3.59. The van der Waals surface area contributed by atoms with Crippen molar-refractivity contribution in [3.63, 3.8) is 0 Å². The third kappa shape index (κ3) is 4.64. The summed E-state index contributed by atoms with van der Waals surface area (Å²) >= 11 is 1.29. The van der Waals surface area contributed by atoms with Gasteiger partial charge < -0.3 is 9.30 Å². The number of fused-ring (bicyclic) bond motifs is 1. The number of rotatable bonds is 5. The number of nitrogens with zero attached hydrogens (tertiary/aromatic N) is 3. The van der Waals surface area contributed by atoms with E-state index in [4.69, 9.17) is 4.74 Å². The number of amides is 1. The molecule has 1 amide bonds. The molecule has 9 heteroatoms. The number of hydrogen-bond acceptors (Lipinski definition) is 6. The van der Waals surface area contributed by atoms with Crippen LogP contribution in [-0.4, -0.2) is 28.0 Å². The highest BCUT2D eigenvalue weighted by Gasteiger charge is 2.10. The third-order valence-electron chi connectivity index (χ3n) is 4.05. The number of thiazole rings is 1. The van der Waals surface area contributed by atoms with Gasteiger partial charge in [0.2, 0.25) is 0 Å². The lowest BCUT2D eigenvalue weighted by Crippen LogP contribution is -2.12. The summed E-state index contributed by atoms with van der Waals surface area (Å²) in [6.45, 7) is 2.04. The van der Waals surface area contributed by atoms with Crippen molar-refractivity contribution in [3.8, 4) is 0 Å². The lowest BCUT2D eigenvalue weighted by atomic mass is 10.2. The van der Waals surface area contributed by atoms with Crippen LogP contribution in [0.5, 0.6) is 0 Å². The standard InChI is InChI=1S/C20H17N3O5S/c1-3-28-19(25)14-7-10-16-17(12-14)29-20(22(16)2)21-18(24)11-6-13-4-8-15(9-5-13)23(26)27/h4-12H,3H2,1-2H3/b11-6+,21-20?. The normalized spacial score (nSPS) is 11.9. The smallest absolute Gasteiger partial charge is 0.338 e. The van der Waals surface area contributed by atoms with Gasteiger partial charge in [-0.05, 0) is 48.9 Å². The van der Waals surface area contributed by atoms with Gasteiger partial charge in [-0.1, -0.05) is 11.3 Å². The highest BCUT2D eigenvalue weighted by Crippen LogP contribution is 2.19. The second-order valence-electron chi connectivity index (χ2n) is 5.98. The number of aryl methyl sites for hydroxylation is 1. The number of ether oxygens (including phenoxy) is 1. The van der Waals surface area contributed by atoms with Gasteiger partial charge in [0.15, 0.2) is 4.80 Å². The monoisotopic (exact) mass is 411 g/mol. The Morgan fingerprint density at radius 1 is 1.24 bits per heavy atom. The number of carbonyl (C=O) groups excluding carboxylic acids is 2. The SMILES string of the molecule is CCOC(=O)c1ccc2c(c1)sc(=NC(=O)/C=C/c1ccc([N+](=O)[O-])cc1)n2C. The van der Waals surface area contributed by atoms with E-state index in [-0.39, 0.29) is 5.69 Å². The molecule has 0 atom stereocenters. The van der Waals surface area contributed by atoms with E-state index in [9.17, 15) is 19.7 Å². The van der Waals surface area contributed by atoms with Gasteiger partial charge in [-0.25, -0.2) is 4.79 Å². The molecule has 0 aliphatic rings. The summed E-state index contributed by atoms with van der Waals surface area (Å²) in [6, 6.07) is 11.0. The first kappa shape index (κ1) is 20.2. The molecule has 148 valence electrons. The fourth-order valence-electron chi connectivity index (χ4n) is 2.59. The molecule has 0 N–H and O–H groups in total. The van der Waals surface area contributed by atoms with Gasteiger partial charge in [0.25, 0.3) is 11.6 Å². The van der Waals surface area contributed by atoms with E-state index in [1.807, 2.05) is 0 Å². The van der Waals surface area contributed by atoms with E-state index < -0.39 is 16.8 Å². The zero-order valence-corrected chi connectivity index (χ0v) is 16.5. The summed E-state index contributed by atoms with van der Waals surface area (Å²) in [5.74, 6) is -0.859. The molecule has 0 bridgehead atoms. The molecule has 0 unspecified atom stereocenters. The Morgan fingerprint density at radius 2 is 1.97 bits per heavy atom. The molecule has 0 saturated carbocycles. The van der Waals surface area contributed by atoms with Gasteiger partial charge in [0.05, 0.1) is 27.3 Å². The lowest BCUT2D eigenvalue weighted by Gasteiger charge is -2.01. The van der Waals surface area contributed by atoms with Crippen LogP contribution in [0.25, 0.3) is 16.3 Å². The zero-order valence-electron chi connectivity index (χ0n) is 15.7. The molecule has 3 rings (SSSR count). The van der Waals surface area contributed by atoms with E-state index in [1.54, 1.807) is 54.9 Å². The van der Waals surface area contributed by atoms with Gasteiger partial charge >= 0.3 is 5.97 Å². The maximum atomic E-state index is 12.2. The van der Waals surface area contributed by atoms with Crippen LogP contribution in [0.1, 0.15) is 22.8 Å². The Labute approximate surface area is 169 Å². The first-order valence-electron chi connectivity index (χ1n) is 8.67. The van der Waals surface area contributed by atoms with Gasteiger partial charge in [-0.3, -0.25) is 14.9 Å². The van der Waals surface area contributed by atoms with Crippen molar-refractivity contribution in [1.29, 1.82) is 0 Å². The average molecular weight is 411 g/mol. The van der Waals surface area contributed by atoms with E-state index in [1.165, 1.54) is 29.5 Å². The average Bonchev–Trinajstić information content (AvgIpc) is 3.01. The summed E-state index contributed by atoms with van der Waals surface area (Å²) < 4.78 is 7.59. The number of carbonyl (C=O) groups is 2. The van der Waals surface area contributed by atoms with Gasteiger partial charge in [-0.15, -0.1) is 0 Å². The van der Waals surface area contributed by atoms with E-state index in [0.29, 0.717) is 22.5 Å². The molecule has 0 aliphatic heterocycles. The molecular weight excluding hydrogens is 394 g/mol. The Morgan fingerprint density at radius 3 is 2.62 bits per heavy atom. The van der Waals surface area contributed by atoms with Crippen molar-refractivity contribution in [2.75, 3.05) is 6.61 Å². The highest BCUT2D eigenvalue weighted by atomic mass is 32.1. The Kier molecular flexibility index (Phi) is 5.99. The van der Waals surface area contributed by atoms with Crippen molar-refractivity contribution < 1.29 is 19.2 Å². The summed E-state index contributed by atoms with van der Waals surface area (Å²) in [5.41, 5.74) is 1.92. The van der Waals surface area contributed by atoms with Crippen molar-refractivity contribution in [3.05, 3.63) is 74.6 Å². The van der Waals surface area contributed by atoms with Crippen molar-refractivity contribution in [2.45, 2.75) is 6.92 Å². The summed E-state index contributed by atoms with van der Waals surface area (Å²) in [6.07, 6.45) is 2.84. The molecule has 0 aliphatic carbocycles. The number of aromatic nitrogens is 1. The fourth-order valence-corrected chi connectivity index (χ4v) is 3.65. The lowest BCUT2D eigenvalue weighted by molar-refractivity contribution is -0.384. The van der Waals surface area contributed by atoms with Crippen molar-refractivity contribution in [1.82, 2.24) is 4.57 Å². The second-order valence-corrected chi connectivity index (χ2v) is 6.99. The number of non-ortho nitro benzene ring substituents is 1. The molecule has 0 saturated heterocycles. The highest BCUT2D eigenvalue weighted by molar-refractivity contribution is 7.16. The van der Waals surface area contributed by atoms with Crippen LogP contribution < -0.4 is 4.80 Å². The van der Waals surface area contributed by atoms with Crippen LogP contribution in [0.15, 0.2) is 53.5 Å². The molecule has 0 spiro atoms. The van der Waals surface area contributed by atoms with Crippen LogP contribution >= 0.6 is 11.3 Å². The van der Waals surface area contributed by atoms with Crippen LogP contribution in [0.3, 0.4) is 0 Å². The van der Waals surface area contributed by atoms with Crippen molar-refractivity contribution in [2.24, 2.45) is 12.0 Å². The maximum absolute atomic E-state index is 12.2. The number of esters is 1. The minimum absolute atomic E-state index is 0.0161. The summed E-state index contributed by atoms with van der Waals surface area (Å²) in [4.78, 5) is 38.9. The second kappa shape index (κ2) is 8.61. The quantitative estimate of drug-likeness (QED) is 0.277. The fraction of sp³-hybridized carbons (Fsp3) is 0.150. The van der Waals surface area contributed by atoms with Crippen LogP contribution in [-0.2, 0) is 16.6 Å². The number of hydrogen-bond donors (Lipinski definition) is 0. The van der Waals surface area contributed by atoms with Crippen LogP contribution in [0.4, 0.5) is 5.69 Å². The topological polar surface area (TPSA) is 104 Å². The molecule has 29 heavy (non-hydrogen) atoms. The van der Waals surface area contributed by atoms with E-state index in [0.717, 1.165) is 10.2 Å². The van der Waals surface area contributed by atoms with Crippen LogP contribution in [0.2, 0.25) is 0 Å². The Bertz CT molecular complexity index is 1190. The molecule has 8 nitrogen and oxygen atoms in total. The predicted octanol–water partition coefficient (Wildman–Crippen LogP) is 3.47. The van der Waals surface area contributed by atoms with Gasteiger partial charge in [-0.2, -0.15) is 4.99 Å². The minimum atomic E-state index is -0.483. The van der Waals surface area contributed by atoms with Gasteiger partial charge in [0, 0.05) is 25.3 Å². The molecular formula is C20H17N3O5S. The molecule has 0 fully saturated rings. The van der Waals surface area contributed by atoms with Crippen molar-refractivity contribution >= 4 is 45.2 Å². The Balaban J connectivity index is 1.84. The molecule has 1 heterocycles. The predicted molar refractivity (Wildman–Crippen MR) is 109 cm³/mol. The first-order chi connectivity index (χ1) is 13.9. The third-order valence-corrected chi connectivity index (χ3v) is 5.14. The largest absolute Gasteiger partial charge is 0.462 e. The zero-order chi connectivity index (χ0) is 21.0. The van der Waals surface area contributed by atoms with E-state index in [2.05, 4.69) is 4.99 Å². The number of nitro groups is 1. The molecule has 0 radical (unpaired) electrons. The minimum Gasteiger partial charge on any atom is -0.462 e.